The topological polar surface area (TPSA) is 70.6 Å². The molecule has 0 bridgehead atoms. The van der Waals surface area contributed by atoms with E-state index in [9.17, 15) is 4.79 Å². The minimum atomic E-state index is -0.0745. The van der Waals surface area contributed by atoms with Crippen molar-refractivity contribution in [2.75, 3.05) is 43.5 Å². The number of benzene rings is 2. The predicted octanol–water partition coefficient (Wildman–Crippen LogP) is 3.75. The molecule has 1 aromatic heterocycles. The molecule has 0 saturated heterocycles. The van der Waals surface area contributed by atoms with Crippen LogP contribution in [0.3, 0.4) is 0 Å². The summed E-state index contributed by atoms with van der Waals surface area (Å²) in [6.07, 6.45) is 2.56. The van der Waals surface area contributed by atoms with E-state index in [2.05, 4.69) is 27.4 Å². The number of anilines is 2. The monoisotopic (exact) mass is 445 g/mol. The summed E-state index contributed by atoms with van der Waals surface area (Å²) in [6, 6.07) is 18.4. The first-order valence-electron chi connectivity index (χ1n) is 11.3. The first-order valence-corrected chi connectivity index (χ1v) is 11.3. The number of carbonyl (C=O) groups excluding carboxylic acids is 1. The molecular weight excluding hydrogens is 414 g/mol. The lowest BCUT2D eigenvalue weighted by atomic mass is 10.1. The number of nitrogens with one attached hydrogen (secondary N) is 1. The van der Waals surface area contributed by atoms with E-state index in [4.69, 9.17) is 4.74 Å². The fourth-order valence-corrected chi connectivity index (χ4v) is 4.01. The second kappa shape index (κ2) is 10.6. The maximum absolute atomic E-state index is 13.2. The van der Waals surface area contributed by atoms with Gasteiger partial charge in [-0.05, 0) is 50.2 Å². The summed E-state index contributed by atoms with van der Waals surface area (Å²) in [5.74, 6) is 1.28. The Balaban J connectivity index is 1.46. The Bertz CT molecular complexity index is 1070. The van der Waals surface area contributed by atoms with Crippen LogP contribution in [-0.4, -0.2) is 49.6 Å². The van der Waals surface area contributed by atoms with Gasteiger partial charge in [-0.2, -0.15) is 0 Å². The van der Waals surface area contributed by atoms with Gasteiger partial charge < -0.3 is 19.9 Å². The molecular formula is C26H31N5O2. The smallest absolute Gasteiger partial charge is 0.263 e. The van der Waals surface area contributed by atoms with E-state index in [1.807, 2.05) is 68.4 Å². The van der Waals surface area contributed by atoms with Crippen LogP contribution in [0.4, 0.5) is 11.5 Å². The Hall–Kier alpha value is -3.29. The summed E-state index contributed by atoms with van der Waals surface area (Å²) in [5.41, 5.74) is 3.64. The quantitative estimate of drug-likeness (QED) is 0.570. The van der Waals surface area contributed by atoms with Gasteiger partial charge in [0.05, 0.1) is 12.7 Å². The molecule has 1 atom stereocenters. The van der Waals surface area contributed by atoms with Crippen LogP contribution in [0.25, 0.3) is 0 Å². The van der Waals surface area contributed by atoms with Crippen molar-refractivity contribution in [1.82, 2.24) is 15.3 Å². The molecule has 7 heteroatoms. The first kappa shape index (κ1) is 22.9. The number of rotatable bonds is 8. The van der Waals surface area contributed by atoms with Crippen LogP contribution in [-0.2, 0) is 11.3 Å². The van der Waals surface area contributed by atoms with Gasteiger partial charge in [-0.3, -0.25) is 4.79 Å². The van der Waals surface area contributed by atoms with Crippen molar-refractivity contribution in [3.63, 3.8) is 0 Å². The number of nitrogens with zero attached hydrogens (tertiary/aromatic N) is 4. The number of amides is 1. The van der Waals surface area contributed by atoms with E-state index < -0.39 is 0 Å². The zero-order valence-electron chi connectivity index (χ0n) is 19.5. The van der Waals surface area contributed by atoms with Crippen LogP contribution in [0.15, 0.2) is 60.8 Å². The Kier molecular flexibility index (Phi) is 7.32. The number of hydrogen-bond acceptors (Lipinski definition) is 6. The molecule has 33 heavy (non-hydrogen) atoms. The van der Waals surface area contributed by atoms with Crippen molar-refractivity contribution in [2.45, 2.75) is 26.1 Å². The third kappa shape index (κ3) is 5.38. The van der Waals surface area contributed by atoms with Crippen molar-refractivity contribution < 1.29 is 9.53 Å². The lowest BCUT2D eigenvalue weighted by molar-refractivity contribution is 0.0344. The molecule has 4 rings (SSSR count). The van der Waals surface area contributed by atoms with Crippen LogP contribution in [0, 0.1) is 6.92 Å². The number of aryl methyl sites for hydroxylation is 1. The number of likely N-dealkylation sites (N-methyl/N-ethyl adjacent to an activating group) is 1. The average Bonchev–Trinajstić information content (AvgIpc) is 2.96. The third-order valence-corrected chi connectivity index (χ3v) is 5.91. The number of hydrogen-bond donors (Lipinski definition) is 1. The minimum Gasteiger partial charge on any atom is -0.369 e. The van der Waals surface area contributed by atoms with Crippen LogP contribution in [0.1, 0.15) is 39.8 Å². The number of carbonyl (C=O) groups is 1. The fraction of sp³-hybridized carbons (Fsp3) is 0.346. The SMILES string of the molecule is CNCCC(OCc1ccc(N2CCN(C)c3nc(C)ncc3C2=O)cc1)c1ccccc1. The van der Waals surface area contributed by atoms with Crippen molar-refractivity contribution in [3.05, 3.63) is 83.3 Å². The van der Waals surface area contributed by atoms with Gasteiger partial charge >= 0.3 is 0 Å². The lowest BCUT2D eigenvalue weighted by Crippen LogP contribution is -2.33. The summed E-state index contributed by atoms with van der Waals surface area (Å²) < 4.78 is 6.27. The highest BCUT2D eigenvalue weighted by molar-refractivity contribution is 6.09. The Morgan fingerprint density at radius 3 is 2.58 bits per heavy atom. The molecule has 1 amide bonds. The normalized spacial score (nSPS) is 14.7. The van der Waals surface area contributed by atoms with Crippen LogP contribution in [0.2, 0.25) is 0 Å². The zero-order valence-corrected chi connectivity index (χ0v) is 19.5. The summed E-state index contributed by atoms with van der Waals surface area (Å²) in [6.45, 7) is 4.51. The molecule has 0 fully saturated rings. The molecule has 1 unspecified atom stereocenters. The van der Waals surface area contributed by atoms with E-state index in [0.29, 0.717) is 36.9 Å². The molecule has 3 aromatic rings. The molecule has 1 aliphatic heterocycles. The minimum absolute atomic E-state index is 0.0287. The molecule has 2 aromatic carbocycles. The summed E-state index contributed by atoms with van der Waals surface area (Å²) in [7, 11) is 3.91. The van der Waals surface area contributed by atoms with Crippen molar-refractivity contribution in [2.24, 2.45) is 0 Å². The molecule has 0 radical (unpaired) electrons. The molecule has 1 aliphatic rings. The van der Waals surface area contributed by atoms with E-state index in [-0.39, 0.29) is 12.0 Å². The molecule has 172 valence electrons. The number of ether oxygens (including phenoxy) is 1. The maximum atomic E-state index is 13.2. The summed E-state index contributed by atoms with van der Waals surface area (Å²) in [4.78, 5) is 25.8. The standard InChI is InChI=1S/C26H31N5O2/c1-19-28-17-23-25(29-19)30(3)15-16-31(26(23)32)22-11-9-20(10-12-22)18-33-24(13-14-27-2)21-7-5-4-6-8-21/h4-12,17,24,27H,13-16,18H2,1-3H3. The van der Waals surface area contributed by atoms with Gasteiger partial charge in [0, 0.05) is 32.0 Å². The second-order valence-electron chi connectivity index (χ2n) is 8.30. The van der Waals surface area contributed by atoms with Gasteiger partial charge in [-0.25, -0.2) is 9.97 Å². The van der Waals surface area contributed by atoms with Gasteiger partial charge in [0.1, 0.15) is 17.2 Å². The van der Waals surface area contributed by atoms with E-state index >= 15 is 0 Å². The average molecular weight is 446 g/mol. The molecule has 0 spiro atoms. The van der Waals surface area contributed by atoms with Crippen molar-refractivity contribution in [1.29, 1.82) is 0 Å². The molecule has 0 saturated carbocycles. The van der Waals surface area contributed by atoms with Crippen LogP contribution in [0.5, 0.6) is 0 Å². The summed E-state index contributed by atoms with van der Waals surface area (Å²) in [5, 5.41) is 3.20. The molecule has 0 aliphatic carbocycles. The van der Waals surface area contributed by atoms with E-state index in [1.54, 1.807) is 11.1 Å². The molecule has 2 heterocycles. The predicted molar refractivity (Wildman–Crippen MR) is 131 cm³/mol. The van der Waals surface area contributed by atoms with Crippen LogP contribution >= 0.6 is 0 Å². The summed E-state index contributed by atoms with van der Waals surface area (Å²) >= 11 is 0. The Morgan fingerprint density at radius 2 is 1.85 bits per heavy atom. The lowest BCUT2D eigenvalue weighted by Gasteiger charge is -2.22. The largest absolute Gasteiger partial charge is 0.369 e. The Morgan fingerprint density at radius 1 is 1.09 bits per heavy atom. The van der Waals surface area contributed by atoms with E-state index in [1.165, 1.54) is 5.56 Å². The first-order chi connectivity index (χ1) is 16.1. The van der Waals surface area contributed by atoms with Crippen LogP contribution < -0.4 is 15.1 Å². The highest BCUT2D eigenvalue weighted by atomic mass is 16.5. The fourth-order valence-electron chi connectivity index (χ4n) is 4.01. The highest BCUT2D eigenvalue weighted by Crippen LogP contribution is 2.27. The van der Waals surface area contributed by atoms with Crippen molar-refractivity contribution in [3.8, 4) is 0 Å². The Labute approximate surface area is 195 Å². The van der Waals surface area contributed by atoms with Gasteiger partial charge in [0.15, 0.2) is 0 Å². The second-order valence-corrected chi connectivity index (χ2v) is 8.30. The third-order valence-electron chi connectivity index (χ3n) is 5.91. The molecule has 7 nitrogen and oxygen atoms in total. The number of aromatic nitrogens is 2. The van der Waals surface area contributed by atoms with Gasteiger partial charge in [0.25, 0.3) is 5.91 Å². The zero-order chi connectivity index (χ0) is 23.2. The molecule has 1 N–H and O–H groups in total. The van der Waals surface area contributed by atoms with Gasteiger partial charge in [-0.1, -0.05) is 42.5 Å². The van der Waals surface area contributed by atoms with Gasteiger partial charge in [-0.15, -0.1) is 0 Å². The van der Waals surface area contributed by atoms with E-state index in [0.717, 1.165) is 24.2 Å². The maximum Gasteiger partial charge on any atom is 0.263 e. The van der Waals surface area contributed by atoms with Gasteiger partial charge in [0.2, 0.25) is 0 Å². The highest BCUT2D eigenvalue weighted by Gasteiger charge is 2.27. The van der Waals surface area contributed by atoms with Crippen molar-refractivity contribution >= 4 is 17.4 Å². The number of fused-ring (bicyclic) bond motifs is 1.